The van der Waals surface area contributed by atoms with E-state index in [0.29, 0.717) is 57.3 Å². The van der Waals surface area contributed by atoms with E-state index in [9.17, 15) is 9.18 Å². The van der Waals surface area contributed by atoms with Crippen LogP contribution in [0.1, 0.15) is 21.7 Å². The van der Waals surface area contributed by atoms with Crippen LogP contribution in [0.25, 0.3) is 0 Å². The highest BCUT2D eigenvalue weighted by Gasteiger charge is 2.30. The fourth-order valence-electron chi connectivity index (χ4n) is 3.96. The number of anilines is 1. The maximum atomic E-state index is 14.0. The van der Waals surface area contributed by atoms with E-state index in [1.807, 2.05) is 20.5 Å². The number of para-hydroxylation sites is 1. The number of aromatic nitrogens is 2. The van der Waals surface area contributed by atoms with Crippen molar-refractivity contribution in [2.45, 2.75) is 19.5 Å². The molecule has 0 unspecified atom stereocenters. The van der Waals surface area contributed by atoms with Gasteiger partial charge in [-0.2, -0.15) is 5.10 Å². The number of hydrogen-bond acceptors (Lipinski definition) is 5. The molecule has 4 rings (SSSR count). The Morgan fingerprint density at radius 2 is 2.04 bits per heavy atom. The number of fused-ring (bicyclic) bond motifs is 1. The molecule has 0 bridgehead atoms. The van der Waals surface area contributed by atoms with Crippen molar-refractivity contribution in [2.75, 3.05) is 51.3 Å². The summed E-state index contributed by atoms with van der Waals surface area (Å²) >= 11 is 0. The molecule has 1 fully saturated rings. The zero-order valence-electron chi connectivity index (χ0n) is 16.2. The lowest BCUT2D eigenvalue weighted by atomic mass is 10.1. The highest BCUT2D eigenvalue weighted by atomic mass is 19.1. The van der Waals surface area contributed by atoms with E-state index in [2.05, 4.69) is 10.4 Å². The molecule has 28 heavy (non-hydrogen) atoms. The number of nitrogens with one attached hydrogen (secondary N) is 1. The number of benzene rings is 1. The van der Waals surface area contributed by atoms with Crippen LogP contribution in [0.3, 0.4) is 0 Å². The van der Waals surface area contributed by atoms with Crippen molar-refractivity contribution in [3.8, 4) is 0 Å². The maximum Gasteiger partial charge on any atom is 0.274 e. The number of methoxy groups -OCH3 is 1. The molecular formula is C20H26FN5O2. The maximum absolute atomic E-state index is 14.0. The largest absolute Gasteiger partial charge is 0.383 e. The molecule has 2 aliphatic heterocycles. The average Bonchev–Trinajstić information content (AvgIpc) is 3.11. The molecule has 2 aliphatic rings. The molecule has 0 atom stereocenters. The molecule has 0 aliphatic carbocycles. The lowest BCUT2D eigenvalue weighted by molar-refractivity contribution is 0.0738. The summed E-state index contributed by atoms with van der Waals surface area (Å²) < 4.78 is 21.1. The number of halogens is 1. The van der Waals surface area contributed by atoms with Crippen LogP contribution in [0.4, 0.5) is 10.1 Å². The second kappa shape index (κ2) is 8.28. The molecule has 1 aromatic heterocycles. The van der Waals surface area contributed by atoms with Gasteiger partial charge in [0, 0.05) is 64.1 Å². The number of nitrogens with zero attached hydrogens (tertiary/aromatic N) is 4. The first kappa shape index (κ1) is 18.9. The van der Waals surface area contributed by atoms with Gasteiger partial charge in [-0.3, -0.25) is 9.48 Å². The first-order chi connectivity index (χ1) is 13.7. The Balaban J connectivity index is 1.48. The van der Waals surface area contributed by atoms with E-state index < -0.39 is 0 Å². The van der Waals surface area contributed by atoms with Crippen LogP contribution >= 0.6 is 0 Å². The van der Waals surface area contributed by atoms with Gasteiger partial charge in [0.1, 0.15) is 5.82 Å². The Morgan fingerprint density at radius 1 is 1.25 bits per heavy atom. The lowest BCUT2D eigenvalue weighted by Gasteiger charge is -2.36. The van der Waals surface area contributed by atoms with Crippen LogP contribution in [-0.4, -0.2) is 67.0 Å². The minimum absolute atomic E-state index is 0.0377. The van der Waals surface area contributed by atoms with Crippen LogP contribution in [0.2, 0.25) is 0 Å². The summed E-state index contributed by atoms with van der Waals surface area (Å²) in [6.07, 6.45) is 0.861. The van der Waals surface area contributed by atoms with Gasteiger partial charge in [-0.15, -0.1) is 0 Å². The Morgan fingerprint density at radius 3 is 2.79 bits per heavy atom. The molecule has 0 saturated carbocycles. The van der Waals surface area contributed by atoms with Crippen molar-refractivity contribution >= 4 is 11.6 Å². The third kappa shape index (κ3) is 3.62. The fraction of sp³-hybridized carbons (Fsp3) is 0.500. The standard InChI is InChI=1S/C20H26FN5O2/c1-28-13-12-26-17-6-7-22-14-15(17)19(23-26)20(27)25-10-8-24(9-11-25)18-5-3-2-4-16(18)21/h2-5,22H,6-14H2,1H3. The molecule has 0 radical (unpaired) electrons. The van der Waals surface area contributed by atoms with Crippen LogP contribution in [0, 0.1) is 5.82 Å². The van der Waals surface area contributed by atoms with Crippen LogP contribution in [-0.2, 0) is 24.2 Å². The van der Waals surface area contributed by atoms with Gasteiger partial charge in [-0.05, 0) is 12.1 Å². The summed E-state index contributed by atoms with van der Waals surface area (Å²) in [4.78, 5) is 17.0. The first-order valence-corrected chi connectivity index (χ1v) is 9.76. The molecule has 1 N–H and O–H groups in total. The van der Waals surface area contributed by atoms with Gasteiger partial charge in [0.15, 0.2) is 5.69 Å². The summed E-state index contributed by atoms with van der Waals surface area (Å²) in [5.41, 5.74) is 3.27. The predicted molar refractivity (Wildman–Crippen MR) is 104 cm³/mol. The van der Waals surface area contributed by atoms with E-state index in [0.717, 1.165) is 24.2 Å². The van der Waals surface area contributed by atoms with E-state index >= 15 is 0 Å². The molecule has 0 spiro atoms. The van der Waals surface area contributed by atoms with Gasteiger partial charge in [0.05, 0.1) is 18.8 Å². The van der Waals surface area contributed by atoms with E-state index in [-0.39, 0.29) is 11.7 Å². The van der Waals surface area contributed by atoms with Gasteiger partial charge in [0.2, 0.25) is 0 Å². The van der Waals surface area contributed by atoms with Gasteiger partial charge < -0.3 is 19.9 Å². The number of hydrogen-bond donors (Lipinski definition) is 1. The number of rotatable bonds is 5. The van der Waals surface area contributed by atoms with Crippen molar-refractivity contribution in [3.63, 3.8) is 0 Å². The zero-order valence-corrected chi connectivity index (χ0v) is 16.2. The second-order valence-electron chi connectivity index (χ2n) is 7.15. The smallest absolute Gasteiger partial charge is 0.274 e. The SMILES string of the molecule is COCCn1nc(C(=O)N2CCN(c3ccccc3F)CC2)c2c1CCNC2. The van der Waals surface area contributed by atoms with E-state index in [4.69, 9.17) is 4.74 Å². The highest BCUT2D eigenvalue weighted by molar-refractivity contribution is 5.94. The summed E-state index contributed by atoms with van der Waals surface area (Å²) in [6.45, 7) is 5.10. The highest BCUT2D eigenvalue weighted by Crippen LogP contribution is 2.23. The molecule has 2 aromatic rings. The Bertz CT molecular complexity index is 845. The Labute approximate surface area is 164 Å². The van der Waals surface area contributed by atoms with Gasteiger partial charge in [-0.1, -0.05) is 12.1 Å². The Kier molecular flexibility index (Phi) is 5.59. The molecule has 1 aromatic carbocycles. The fourth-order valence-corrected chi connectivity index (χ4v) is 3.96. The minimum Gasteiger partial charge on any atom is -0.383 e. The molecule has 8 heteroatoms. The quantitative estimate of drug-likeness (QED) is 0.837. The van der Waals surface area contributed by atoms with Crippen LogP contribution in [0.15, 0.2) is 24.3 Å². The Hall–Kier alpha value is -2.45. The third-order valence-corrected chi connectivity index (χ3v) is 5.48. The van der Waals surface area contributed by atoms with Crippen molar-refractivity contribution in [3.05, 3.63) is 47.0 Å². The summed E-state index contributed by atoms with van der Waals surface area (Å²) in [5.74, 6) is -0.261. The second-order valence-corrected chi connectivity index (χ2v) is 7.15. The first-order valence-electron chi connectivity index (χ1n) is 9.76. The number of carbonyl (C=O) groups is 1. The van der Waals surface area contributed by atoms with E-state index in [1.54, 1.807) is 19.2 Å². The van der Waals surface area contributed by atoms with Gasteiger partial charge in [0.25, 0.3) is 5.91 Å². The van der Waals surface area contributed by atoms with Crippen molar-refractivity contribution in [1.29, 1.82) is 0 Å². The normalized spacial score (nSPS) is 16.9. The number of piperazine rings is 1. The van der Waals surface area contributed by atoms with Gasteiger partial charge in [-0.25, -0.2) is 4.39 Å². The summed E-state index contributed by atoms with van der Waals surface area (Å²) in [6, 6.07) is 6.78. The topological polar surface area (TPSA) is 62.6 Å². The molecule has 3 heterocycles. The van der Waals surface area contributed by atoms with Crippen molar-refractivity contribution < 1.29 is 13.9 Å². The number of amides is 1. The molecule has 7 nitrogen and oxygen atoms in total. The summed E-state index contributed by atoms with van der Waals surface area (Å²) in [5, 5.41) is 7.97. The third-order valence-electron chi connectivity index (χ3n) is 5.48. The van der Waals surface area contributed by atoms with Crippen molar-refractivity contribution in [2.24, 2.45) is 0 Å². The van der Waals surface area contributed by atoms with Gasteiger partial charge >= 0.3 is 0 Å². The number of carbonyl (C=O) groups excluding carboxylic acids is 1. The average molecular weight is 387 g/mol. The predicted octanol–water partition coefficient (Wildman–Crippen LogP) is 1.28. The number of ether oxygens (including phenoxy) is 1. The lowest BCUT2D eigenvalue weighted by Crippen LogP contribution is -2.49. The molecular weight excluding hydrogens is 361 g/mol. The zero-order chi connectivity index (χ0) is 19.5. The summed E-state index contributed by atoms with van der Waals surface area (Å²) in [7, 11) is 1.67. The monoisotopic (exact) mass is 387 g/mol. The van der Waals surface area contributed by atoms with Crippen LogP contribution < -0.4 is 10.2 Å². The van der Waals surface area contributed by atoms with Crippen molar-refractivity contribution in [1.82, 2.24) is 20.0 Å². The minimum atomic E-state index is -0.223. The van der Waals surface area contributed by atoms with Crippen LogP contribution in [0.5, 0.6) is 0 Å². The van der Waals surface area contributed by atoms with E-state index in [1.165, 1.54) is 6.07 Å². The molecule has 1 amide bonds. The molecule has 150 valence electrons. The molecule has 1 saturated heterocycles.